The minimum absolute atomic E-state index is 0.751. The monoisotopic (exact) mass is 279 g/mol. The van der Waals surface area contributed by atoms with Crippen LogP contribution in [-0.2, 0) is 0 Å². The molecular weight excluding hydrogens is 246 g/mol. The van der Waals surface area contributed by atoms with Crippen molar-refractivity contribution in [1.82, 2.24) is 9.80 Å². The van der Waals surface area contributed by atoms with Gasteiger partial charge in [-0.2, -0.15) is 0 Å². The molecule has 2 aliphatic heterocycles. The quantitative estimate of drug-likeness (QED) is 0.858. The van der Waals surface area contributed by atoms with Crippen LogP contribution in [0.4, 0.5) is 0 Å². The second kappa shape index (κ2) is 6.33. The summed E-state index contributed by atoms with van der Waals surface area (Å²) >= 11 is 0. The van der Waals surface area contributed by atoms with Crippen molar-refractivity contribution in [2.45, 2.75) is 82.5 Å². The van der Waals surface area contributed by atoms with Crippen molar-refractivity contribution in [1.29, 1.82) is 0 Å². The summed E-state index contributed by atoms with van der Waals surface area (Å²) in [5.41, 5.74) is 6.07. The predicted molar refractivity (Wildman–Crippen MR) is 84.8 cm³/mol. The fourth-order valence-electron chi connectivity index (χ4n) is 5.32. The average molecular weight is 279 g/mol. The molecule has 3 heteroatoms. The first-order valence-electron chi connectivity index (χ1n) is 8.92. The summed E-state index contributed by atoms with van der Waals surface area (Å²) in [6.07, 6.45) is 11.2. The Balaban J connectivity index is 1.70. The Labute approximate surface area is 124 Å². The van der Waals surface area contributed by atoms with Crippen LogP contribution in [0.1, 0.15) is 58.3 Å². The number of piperidine rings is 1. The van der Waals surface area contributed by atoms with Gasteiger partial charge in [0.2, 0.25) is 0 Å². The van der Waals surface area contributed by atoms with Crippen LogP contribution in [0.15, 0.2) is 0 Å². The maximum atomic E-state index is 6.07. The third kappa shape index (κ3) is 2.65. The minimum atomic E-state index is 0.751. The van der Waals surface area contributed by atoms with Gasteiger partial charge >= 0.3 is 0 Å². The van der Waals surface area contributed by atoms with Gasteiger partial charge in [0.1, 0.15) is 0 Å². The highest BCUT2D eigenvalue weighted by atomic mass is 15.3. The van der Waals surface area contributed by atoms with E-state index < -0.39 is 0 Å². The first-order valence-corrected chi connectivity index (χ1v) is 8.92. The average Bonchev–Trinajstić information content (AvgIpc) is 2.70. The Morgan fingerprint density at radius 3 is 2.30 bits per heavy atom. The Morgan fingerprint density at radius 2 is 1.70 bits per heavy atom. The fourth-order valence-corrected chi connectivity index (χ4v) is 5.32. The standard InChI is InChI=1S/C17H33N3/c1-3-20(17-7-5-4-6-13(17)12-18)16-10-14-8-9-15(11-16)19(14)2/h13-17H,3-12,18H2,1-2H3. The van der Waals surface area contributed by atoms with Crippen molar-refractivity contribution >= 4 is 0 Å². The van der Waals surface area contributed by atoms with E-state index in [9.17, 15) is 0 Å². The van der Waals surface area contributed by atoms with Crippen LogP contribution in [0.25, 0.3) is 0 Å². The molecule has 0 spiro atoms. The van der Waals surface area contributed by atoms with E-state index in [-0.39, 0.29) is 0 Å². The van der Waals surface area contributed by atoms with Gasteiger partial charge < -0.3 is 10.6 Å². The normalized spacial score (nSPS) is 42.3. The van der Waals surface area contributed by atoms with Crippen molar-refractivity contribution in [3.63, 3.8) is 0 Å². The molecule has 0 amide bonds. The molecule has 1 saturated carbocycles. The van der Waals surface area contributed by atoms with E-state index >= 15 is 0 Å². The van der Waals surface area contributed by atoms with Crippen molar-refractivity contribution in [2.75, 3.05) is 20.1 Å². The smallest absolute Gasteiger partial charge is 0.0138 e. The molecule has 1 aliphatic carbocycles. The Morgan fingerprint density at radius 1 is 1.05 bits per heavy atom. The molecule has 0 aromatic rings. The molecule has 2 bridgehead atoms. The van der Waals surface area contributed by atoms with E-state index in [4.69, 9.17) is 5.73 Å². The van der Waals surface area contributed by atoms with Gasteiger partial charge in [0, 0.05) is 24.2 Å². The topological polar surface area (TPSA) is 32.5 Å². The van der Waals surface area contributed by atoms with Crippen LogP contribution < -0.4 is 5.73 Å². The maximum absolute atomic E-state index is 6.07. The molecule has 20 heavy (non-hydrogen) atoms. The zero-order chi connectivity index (χ0) is 14.1. The van der Waals surface area contributed by atoms with E-state index in [1.165, 1.54) is 57.9 Å². The SMILES string of the molecule is CCN(C1CC2CCC(C1)N2C)C1CCCCC1CN. The van der Waals surface area contributed by atoms with Crippen molar-refractivity contribution in [3.8, 4) is 0 Å². The molecule has 116 valence electrons. The summed E-state index contributed by atoms with van der Waals surface area (Å²) in [7, 11) is 2.35. The summed E-state index contributed by atoms with van der Waals surface area (Å²) in [4.78, 5) is 5.51. The molecule has 2 saturated heterocycles. The molecule has 0 aromatic heterocycles. The maximum Gasteiger partial charge on any atom is 0.0138 e. The third-order valence-corrected chi connectivity index (χ3v) is 6.51. The van der Waals surface area contributed by atoms with Gasteiger partial charge in [-0.3, -0.25) is 4.90 Å². The van der Waals surface area contributed by atoms with E-state index in [1.807, 2.05) is 0 Å². The van der Waals surface area contributed by atoms with Crippen LogP contribution in [0.3, 0.4) is 0 Å². The van der Waals surface area contributed by atoms with Gasteiger partial charge in [0.25, 0.3) is 0 Å². The molecule has 2 heterocycles. The summed E-state index contributed by atoms with van der Waals surface area (Å²) in [5, 5.41) is 0. The highest BCUT2D eigenvalue weighted by Gasteiger charge is 2.42. The van der Waals surface area contributed by atoms with E-state index in [0.717, 1.165) is 36.6 Å². The number of nitrogens with two attached hydrogens (primary N) is 1. The number of hydrogen-bond acceptors (Lipinski definition) is 3. The third-order valence-electron chi connectivity index (χ3n) is 6.51. The lowest BCUT2D eigenvalue weighted by Crippen LogP contribution is -2.55. The number of hydrogen-bond donors (Lipinski definition) is 1. The van der Waals surface area contributed by atoms with Gasteiger partial charge in [0.15, 0.2) is 0 Å². The molecule has 0 aromatic carbocycles. The largest absolute Gasteiger partial charge is 0.330 e. The minimum Gasteiger partial charge on any atom is -0.330 e. The Hall–Kier alpha value is -0.120. The molecule has 2 N–H and O–H groups in total. The first-order chi connectivity index (χ1) is 9.74. The van der Waals surface area contributed by atoms with Crippen molar-refractivity contribution in [2.24, 2.45) is 11.7 Å². The summed E-state index contributed by atoms with van der Waals surface area (Å²) in [5.74, 6) is 0.751. The van der Waals surface area contributed by atoms with Crippen molar-refractivity contribution in [3.05, 3.63) is 0 Å². The van der Waals surface area contributed by atoms with E-state index in [2.05, 4.69) is 23.8 Å². The number of nitrogens with zero attached hydrogens (tertiary/aromatic N) is 2. The number of fused-ring (bicyclic) bond motifs is 2. The Bertz CT molecular complexity index is 305. The first kappa shape index (κ1) is 14.8. The molecule has 3 nitrogen and oxygen atoms in total. The molecule has 3 fully saturated rings. The molecule has 3 rings (SSSR count). The van der Waals surface area contributed by atoms with Crippen LogP contribution in [0.2, 0.25) is 0 Å². The summed E-state index contributed by atoms with van der Waals surface area (Å²) in [6.45, 7) is 4.47. The zero-order valence-corrected chi connectivity index (χ0v) is 13.4. The van der Waals surface area contributed by atoms with Crippen LogP contribution in [0, 0.1) is 5.92 Å². The van der Waals surface area contributed by atoms with Gasteiger partial charge in [0.05, 0.1) is 0 Å². The van der Waals surface area contributed by atoms with Gasteiger partial charge in [-0.1, -0.05) is 19.8 Å². The van der Waals surface area contributed by atoms with Gasteiger partial charge in [-0.25, -0.2) is 0 Å². The lowest BCUT2D eigenvalue weighted by molar-refractivity contribution is 0.0193. The van der Waals surface area contributed by atoms with Crippen LogP contribution in [-0.4, -0.2) is 54.1 Å². The highest BCUT2D eigenvalue weighted by molar-refractivity contribution is 4.98. The van der Waals surface area contributed by atoms with Gasteiger partial charge in [-0.15, -0.1) is 0 Å². The molecule has 3 aliphatic rings. The second-order valence-corrected chi connectivity index (χ2v) is 7.35. The lowest BCUT2D eigenvalue weighted by atomic mass is 9.81. The zero-order valence-electron chi connectivity index (χ0n) is 13.4. The van der Waals surface area contributed by atoms with Crippen molar-refractivity contribution < 1.29 is 0 Å². The summed E-state index contributed by atoms with van der Waals surface area (Å²) < 4.78 is 0. The van der Waals surface area contributed by atoms with E-state index in [0.29, 0.717) is 0 Å². The predicted octanol–water partition coefficient (Wildman–Crippen LogP) is 2.45. The summed E-state index contributed by atoms with van der Waals surface area (Å²) in [6, 6.07) is 3.30. The molecule has 4 unspecified atom stereocenters. The Kier molecular flexibility index (Phi) is 4.68. The molecule has 0 radical (unpaired) electrons. The fraction of sp³-hybridized carbons (Fsp3) is 1.00. The van der Waals surface area contributed by atoms with Crippen LogP contribution in [0.5, 0.6) is 0 Å². The second-order valence-electron chi connectivity index (χ2n) is 7.35. The molecule has 4 atom stereocenters. The molecular formula is C17H33N3. The van der Waals surface area contributed by atoms with E-state index in [1.54, 1.807) is 0 Å². The lowest BCUT2D eigenvalue weighted by Gasteiger charge is -2.47. The van der Waals surface area contributed by atoms with Gasteiger partial charge in [-0.05, 0) is 64.6 Å². The highest BCUT2D eigenvalue weighted by Crippen LogP contribution is 2.39. The number of rotatable bonds is 4. The van der Waals surface area contributed by atoms with Crippen LogP contribution >= 0.6 is 0 Å².